The van der Waals surface area contributed by atoms with Crippen LogP contribution < -0.4 is 5.73 Å². The van der Waals surface area contributed by atoms with Crippen molar-refractivity contribution in [2.45, 2.75) is 0 Å². The molecule has 90 valence electrons. The maximum atomic E-state index is 10.7. The minimum Gasteiger partial charge on any atom is -0.505 e. The molecule has 1 aromatic heterocycles. The zero-order chi connectivity index (χ0) is 11.7. The predicted octanol–water partition coefficient (Wildman–Crippen LogP) is 2.98. The number of nitrogen functional groups attached to an aromatic ring is 1. The Bertz CT molecular complexity index is 553. The fraction of sp³-hybridized carbons (Fsp3) is 0. The summed E-state index contributed by atoms with van der Waals surface area (Å²) in [5.74, 6) is -0.985. The third-order valence-electron chi connectivity index (χ3n) is 2.15. The van der Waals surface area contributed by atoms with Crippen LogP contribution in [0.15, 0.2) is 30.3 Å². The molecular formula is C11H10BrNO3S. The Balaban J connectivity index is 0.00000144. The van der Waals surface area contributed by atoms with Gasteiger partial charge in [-0.2, -0.15) is 0 Å². The number of thiophene rings is 1. The number of phenolic OH excluding ortho intramolecular Hbond substituents is 1. The quantitative estimate of drug-likeness (QED) is 0.587. The zero-order valence-corrected chi connectivity index (χ0v) is 11.1. The summed E-state index contributed by atoms with van der Waals surface area (Å²) in [6.07, 6.45) is 0. The van der Waals surface area contributed by atoms with Crippen LogP contribution in [-0.2, 0) is 0 Å². The second kappa shape index (κ2) is 5.20. The Hall–Kier alpha value is -1.53. The number of phenols is 1. The SMILES string of the molecule is Br.Nc1cccc(-c2ccc(C(=O)O)s2)c1O. The Morgan fingerprint density at radius 3 is 2.53 bits per heavy atom. The van der Waals surface area contributed by atoms with Crippen LogP contribution in [0.1, 0.15) is 9.67 Å². The Kier molecular flexibility index (Phi) is 4.14. The monoisotopic (exact) mass is 315 g/mol. The summed E-state index contributed by atoms with van der Waals surface area (Å²) >= 11 is 1.10. The van der Waals surface area contributed by atoms with E-state index in [0.29, 0.717) is 10.4 Å². The third kappa shape index (κ3) is 2.59. The lowest BCUT2D eigenvalue weighted by atomic mass is 10.1. The van der Waals surface area contributed by atoms with Crippen LogP contribution >= 0.6 is 28.3 Å². The number of carboxylic acids is 1. The van der Waals surface area contributed by atoms with Gasteiger partial charge in [0, 0.05) is 10.4 Å². The molecule has 0 aliphatic rings. The van der Waals surface area contributed by atoms with Gasteiger partial charge in [0.25, 0.3) is 0 Å². The lowest BCUT2D eigenvalue weighted by Crippen LogP contribution is -1.89. The molecule has 0 aliphatic heterocycles. The molecule has 0 saturated carbocycles. The molecule has 0 bridgehead atoms. The molecule has 17 heavy (non-hydrogen) atoms. The van der Waals surface area contributed by atoms with E-state index in [4.69, 9.17) is 10.8 Å². The molecule has 1 aromatic carbocycles. The van der Waals surface area contributed by atoms with E-state index in [-0.39, 0.29) is 33.3 Å². The van der Waals surface area contributed by atoms with Crippen molar-refractivity contribution in [1.29, 1.82) is 0 Å². The number of nitrogens with two attached hydrogens (primary N) is 1. The molecule has 2 rings (SSSR count). The number of rotatable bonds is 2. The second-order valence-electron chi connectivity index (χ2n) is 3.21. The molecule has 0 unspecified atom stereocenters. The van der Waals surface area contributed by atoms with Crippen LogP contribution in [0, 0.1) is 0 Å². The summed E-state index contributed by atoms with van der Waals surface area (Å²) in [6.45, 7) is 0. The zero-order valence-electron chi connectivity index (χ0n) is 8.58. The van der Waals surface area contributed by atoms with Gasteiger partial charge in [-0.3, -0.25) is 0 Å². The van der Waals surface area contributed by atoms with Gasteiger partial charge in [0.15, 0.2) is 0 Å². The van der Waals surface area contributed by atoms with Crippen molar-refractivity contribution in [3.05, 3.63) is 35.2 Å². The van der Waals surface area contributed by atoms with Gasteiger partial charge in [-0.05, 0) is 24.3 Å². The average Bonchev–Trinajstić information content (AvgIpc) is 2.71. The van der Waals surface area contributed by atoms with E-state index >= 15 is 0 Å². The standard InChI is InChI=1S/C11H9NO3S.BrH/c12-7-3-1-2-6(10(7)13)8-4-5-9(16-8)11(14)15;/h1-5,13H,12H2,(H,14,15);1H. The molecular weight excluding hydrogens is 306 g/mol. The minimum absolute atomic E-state index is 0. The molecule has 6 heteroatoms. The first-order valence-corrected chi connectivity index (χ1v) is 5.32. The van der Waals surface area contributed by atoms with Crippen LogP contribution in [-0.4, -0.2) is 16.2 Å². The number of carboxylic acid groups (broad SMARTS) is 1. The van der Waals surface area contributed by atoms with Gasteiger partial charge in [0.05, 0.1) is 5.69 Å². The van der Waals surface area contributed by atoms with Gasteiger partial charge in [-0.25, -0.2) is 4.79 Å². The number of hydrogen-bond donors (Lipinski definition) is 3. The van der Waals surface area contributed by atoms with Crippen molar-refractivity contribution >= 4 is 40.0 Å². The van der Waals surface area contributed by atoms with E-state index in [9.17, 15) is 9.90 Å². The van der Waals surface area contributed by atoms with Crippen molar-refractivity contribution in [1.82, 2.24) is 0 Å². The number of benzene rings is 1. The first-order chi connectivity index (χ1) is 7.59. The van der Waals surface area contributed by atoms with E-state index in [1.54, 1.807) is 24.3 Å². The number of para-hydroxylation sites is 1. The molecule has 4 N–H and O–H groups in total. The van der Waals surface area contributed by atoms with Crippen molar-refractivity contribution < 1.29 is 15.0 Å². The van der Waals surface area contributed by atoms with E-state index in [0.717, 1.165) is 11.3 Å². The normalized spacial score (nSPS) is 9.65. The molecule has 0 atom stereocenters. The summed E-state index contributed by atoms with van der Waals surface area (Å²) in [4.78, 5) is 11.6. The van der Waals surface area contributed by atoms with Crippen LogP contribution in [0.4, 0.5) is 5.69 Å². The number of aromatic hydroxyl groups is 1. The van der Waals surface area contributed by atoms with Crippen molar-refractivity contribution in [2.24, 2.45) is 0 Å². The molecule has 2 aromatic rings. The average molecular weight is 316 g/mol. The number of carbonyl (C=O) groups is 1. The van der Waals surface area contributed by atoms with Crippen molar-refractivity contribution in [2.75, 3.05) is 5.73 Å². The van der Waals surface area contributed by atoms with E-state index in [2.05, 4.69) is 0 Å². The predicted molar refractivity (Wildman–Crippen MR) is 73.1 cm³/mol. The van der Waals surface area contributed by atoms with Gasteiger partial charge in [-0.1, -0.05) is 6.07 Å². The van der Waals surface area contributed by atoms with Crippen molar-refractivity contribution in [3.63, 3.8) is 0 Å². The first-order valence-electron chi connectivity index (χ1n) is 4.50. The molecule has 1 heterocycles. The molecule has 0 radical (unpaired) electrons. The summed E-state index contributed by atoms with van der Waals surface area (Å²) < 4.78 is 0. The van der Waals surface area contributed by atoms with Gasteiger partial charge in [0.2, 0.25) is 0 Å². The molecule has 0 saturated heterocycles. The number of halogens is 1. The summed E-state index contributed by atoms with van der Waals surface area (Å²) in [5, 5.41) is 18.5. The van der Waals surface area contributed by atoms with Gasteiger partial charge in [0.1, 0.15) is 10.6 Å². The summed E-state index contributed by atoms with van der Waals surface area (Å²) in [5.41, 5.74) is 6.40. The minimum atomic E-state index is -0.973. The lowest BCUT2D eigenvalue weighted by molar-refractivity contribution is 0.0702. The highest BCUT2D eigenvalue weighted by Crippen LogP contribution is 2.37. The van der Waals surface area contributed by atoms with Crippen molar-refractivity contribution in [3.8, 4) is 16.2 Å². The largest absolute Gasteiger partial charge is 0.505 e. The highest BCUT2D eigenvalue weighted by molar-refractivity contribution is 8.93. The van der Waals surface area contributed by atoms with Crippen LogP contribution in [0.3, 0.4) is 0 Å². The van der Waals surface area contributed by atoms with E-state index < -0.39 is 5.97 Å². The maximum Gasteiger partial charge on any atom is 0.345 e. The van der Waals surface area contributed by atoms with Crippen LogP contribution in [0.2, 0.25) is 0 Å². The Morgan fingerprint density at radius 1 is 1.24 bits per heavy atom. The van der Waals surface area contributed by atoms with E-state index in [1.807, 2.05) is 0 Å². The van der Waals surface area contributed by atoms with E-state index in [1.165, 1.54) is 6.07 Å². The third-order valence-corrected chi connectivity index (χ3v) is 3.26. The molecule has 0 fully saturated rings. The van der Waals surface area contributed by atoms with Gasteiger partial charge in [-0.15, -0.1) is 28.3 Å². The maximum absolute atomic E-state index is 10.7. The number of anilines is 1. The Labute approximate surface area is 112 Å². The van der Waals surface area contributed by atoms with Crippen LogP contribution in [0.5, 0.6) is 5.75 Å². The summed E-state index contributed by atoms with van der Waals surface area (Å²) in [6, 6.07) is 8.16. The highest BCUT2D eigenvalue weighted by atomic mass is 79.9. The first kappa shape index (κ1) is 13.5. The van der Waals surface area contributed by atoms with Gasteiger partial charge >= 0.3 is 5.97 Å². The topological polar surface area (TPSA) is 83.6 Å². The fourth-order valence-electron chi connectivity index (χ4n) is 1.36. The Morgan fingerprint density at radius 2 is 1.94 bits per heavy atom. The molecule has 0 spiro atoms. The number of hydrogen-bond acceptors (Lipinski definition) is 4. The highest BCUT2D eigenvalue weighted by Gasteiger charge is 2.12. The molecule has 0 amide bonds. The second-order valence-corrected chi connectivity index (χ2v) is 4.30. The fourth-order valence-corrected chi connectivity index (χ4v) is 2.23. The molecule has 4 nitrogen and oxygen atoms in total. The molecule has 0 aliphatic carbocycles. The lowest BCUT2D eigenvalue weighted by Gasteiger charge is -2.03. The smallest absolute Gasteiger partial charge is 0.345 e. The van der Waals surface area contributed by atoms with Gasteiger partial charge < -0.3 is 15.9 Å². The number of aromatic carboxylic acids is 1. The van der Waals surface area contributed by atoms with Crippen LogP contribution in [0.25, 0.3) is 10.4 Å². The summed E-state index contributed by atoms with van der Waals surface area (Å²) in [7, 11) is 0.